The third kappa shape index (κ3) is 6.10. The van der Waals surface area contributed by atoms with E-state index < -0.39 is 12.1 Å². The summed E-state index contributed by atoms with van der Waals surface area (Å²) in [6.45, 7) is 6.94. The maximum absolute atomic E-state index is 12.9. The number of aromatic nitrogens is 2. The van der Waals surface area contributed by atoms with Crippen LogP contribution in [0.25, 0.3) is 11.0 Å². The molecule has 8 nitrogen and oxygen atoms in total. The largest absolute Gasteiger partial charge is 0.464 e. The highest BCUT2D eigenvalue weighted by molar-refractivity contribution is 6.11. The Hall–Kier alpha value is -3.39. The summed E-state index contributed by atoms with van der Waals surface area (Å²) in [5, 5.41) is 16.4. The number of nitrogens with one attached hydrogen (secondary N) is 2. The highest BCUT2D eigenvalue weighted by atomic mass is 16.5. The van der Waals surface area contributed by atoms with Crippen molar-refractivity contribution in [1.82, 2.24) is 9.55 Å². The number of pyridine rings is 1. The standard InChI is InChI=1S/C25H32N4O4/c1-16(2)15-29-23(25(32)33-4)22(28-21(31)12-18-8-6-5-7-9-18)20-13-19(14-27-24(20)29)26-11-10-17(3)30/h5-9,13-14,16-17,26,30H,10-12,15H2,1-4H3,(H,28,31)/t17-/m1/s1. The summed E-state index contributed by atoms with van der Waals surface area (Å²) >= 11 is 0. The number of nitrogens with zero attached hydrogens (tertiary/aromatic N) is 2. The molecule has 1 atom stereocenters. The lowest BCUT2D eigenvalue weighted by Gasteiger charge is -2.12. The smallest absolute Gasteiger partial charge is 0.356 e. The van der Waals surface area contributed by atoms with Crippen LogP contribution < -0.4 is 10.6 Å². The van der Waals surface area contributed by atoms with Crippen molar-refractivity contribution in [2.24, 2.45) is 5.92 Å². The number of fused-ring (bicyclic) bond motifs is 1. The number of aliphatic hydroxyl groups excluding tert-OH is 1. The molecule has 0 spiro atoms. The lowest BCUT2D eigenvalue weighted by molar-refractivity contribution is -0.115. The minimum atomic E-state index is -0.535. The van der Waals surface area contributed by atoms with Crippen molar-refractivity contribution in [3.05, 3.63) is 53.9 Å². The molecule has 2 heterocycles. The average molecular weight is 453 g/mol. The molecule has 2 aromatic heterocycles. The summed E-state index contributed by atoms with van der Waals surface area (Å²) in [7, 11) is 1.33. The van der Waals surface area contributed by atoms with Crippen LogP contribution in [0.3, 0.4) is 0 Å². The van der Waals surface area contributed by atoms with Gasteiger partial charge in [0.1, 0.15) is 5.65 Å². The summed E-state index contributed by atoms with van der Waals surface area (Å²) < 4.78 is 6.88. The fourth-order valence-electron chi connectivity index (χ4n) is 3.69. The normalized spacial score (nSPS) is 12.1. The molecule has 0 fully saturated rings. The zero-order valence-electron chi connectivity index (χ0n) is 19.6. The maximum atomic E-state index is 12.9. The van der Waals surface area contributed by atoms with E-state index in [1.54, 1.807) is 13.1 Å². The Morgan fingerprint density at radius 1 is 1.18 bits per heavy atom. The molecule has 0 aliphatic carbocycles. The van der Waals surface area contributed by atoms with Gasteiger partial charge in [0.05, 0.1) is 37.2 Å². The number of benzene rings is 1. The first-order valence-corrected chi connectivity index (χ1v) is 11.2. The van der Waals surface area contributed by atoms with Crippen LogP contribution in [0.1, 0.15) is 43.2 Å². The Kier molecular flexibility index (Phi) is 8.06. The third-order valence-electron chi connectivity index (χ3n) is 5.19. The molecule has 0 bridgehead atoms. The van der Waals surface area contributed by atoms with Crippen molar-refractivity contribution in [3.63, 3.8) is 0 Å². The summed E-state index contributed by atoms with van der Waals surface area (Å²) in [5.74, 6) is -0.530. The zero-order chi connectivity index (χ0) is 24.0. The number of amides is 1. The molecule has 0 aliphatic heterocycles. The van der Waals surface area contributed by atoms with Gasteiger partial charge in [0.2, 0.25) is 5.91 Å². The first kappa shape index (κ1) is 24.3. The zero-order valence-corrected chi connectivity index (χ0v) is 19.6. The van der Waals surface area contributed by atoms with E-state index in [1.807, 2.05) is 54.8 Å². The highest BCUT2D eigenvalue weighted by Crippen LogP contribution is 2.33. The second kappa shape index (κ2) is 11.0. The third-order valence-corrected chi connectivity index (χ3v) is 5.19. The number of carbonyl (C=O) groups excluding carboxylic acids is 2. The van der Waals surface area contributed by atoms with Crippen LogP contribution in [-0.4, -0.2) is 46.3 Å². The van der Waals surface area contributed by atoms with Gasteiger partial charge in [0.15, 0.2) is 5.69 Å². The van der Waals surface area contributed by atoms with Gasteiger partial charge in [-0.2, -0.15) is 0 Å². The SMILES string of the molecule is COC(=O)c1c(NC(=O)Cc2ccccc2)c2cc(NCC[C@@H](C)O)cnc2n1CC(C)C. The molecule has 3 rings (SSSR count). The number of anilines is 2. The quantitative estimate of drug-likeness (QED) is 0.404. The van der Waals surface area contributed by atoms with Crippen LogP contribution in [0.4, 0.5) is 11.4 Å². The van der Waals surface area contributed by atoms with E-state index in [1.165, 1.54) is 7.11 Å². The second-order valence-corrected chi connectivity index (χ2v) is 8.59. The van der Waals surface area contributed by atoms with Crippen LogP contribution in [0, 0.1) is 5.92 Å². The van der Waals surface area contributed by atoms with E-state index in [4.69, 9.17) is 4.74 Å². The van der Waals surface area contributed by atoms with Crippen molar-refractivity contribution in [2.75, 3.05) is 24.3 Å². The number of methoxy groups -OCH3 is 1. The van der Waals surface area contributed by atoms with Gasteiger partial charge in [-0.3, -0.25) is 4.79 Å². The predicted molar refractivity (Wildman–Crippen MR) is 129 cm³/mol. The molecule has 1 amide bonds. The predicted octanol–water partition coefficient (Wildman–Crippen LogP) is 3.84. The van der Waals surface area contributed by atoms with Crippen molar-refractivity contribution >= 4 is 34.3 Å². The Balaban J connectivity index is 2.05. The molecule has 0 saturated carbocycles. The lowest BCUT2D eigenvalue weighted by atomic mass is 10.1. The second-order valence-electron chi connectivity index (χ2n) is 8.59. The summed E-state index contributed by atoms with van der Waals surface area (Å²) in [6.07, 6.45) is 2.04. The van der Waals surface area contributed by atoms with E-state index in [9.17, 15) is 14.7 Å². The van der Waals surface area contributed by atoms with Crippen molar-refractivity contribution in [3.8, 4) is 0 Å². The van der Waals surface area contributed by atoms with E-state index >= 15 is 0 Å². The number of ether oxygens (including phenoxy) is 1. The van der Waals surface area contributed by atoms with Gasteiger partial charge in [-0.1, -0.05) is 44.2 Å². The first-order valence-electron chi connectivity index (χ1n) is 11.2. The van der Waals surface area contributed by atoms with Gasteiger partial charge in [-0.25, -0.2) is 9.78 Å². The first-order chi connectivity index (χ1) is 15.8. The Bertz CT molecular complexity index is 1110. The fourth-order valence-corrected chi connectivity index (χ4v) is 3.69. The van der Waals surface area contributed by atoms with Gasteiger partial charge in [0.25, 0.3) is 0 Å². The van der Waals surface area contributed by atoms with Crippen LogP contribution in [0.15, 0.2) is 42.6 Å². The van der Waals surface area contributed by atoms with Gasteiger partial charge in [0, 0.05) is 18.5 Å². The number of hydrogen-bond acceptors (Lipinski definition) is 6. The topological polar surface area (TPSA) is 105 Å². The fraction of sp³-hybridized carbons (Fsp3) is 0.400. The monoisotopic (exact) mass is 452 g/mol. The molecule has 3 N–H and O–H groups in total. The van der Waals surface area contributed by atoms with E-state index in [2.05, 4.69) is 15.6 Å². The molecule has 0 saturated heterocycles. The summed E-state index contributed by atoms with van der Waals surface area (Å²) in [4.78, 5) is 30.3. The highest BCUT2D eigenvalue weighted by Gasteiger charge is 2.26. The van der Waals surface area contributed by atoms with Gasteiger partial charge in [-0.15, -0.1) is 0 Å². The number of hydrogen-bond donors (Lipinski definition) is 3. The van der Waals surface area contributed by atoms with Crippen molar-refractivity contribution in [2.45, 2.75) is 46.3 Å². The van der Waals surface area contributed by atoms with Gasteiger partial charge in [-0.05, 0) is 30.9 Å². The molecular weight excluding hydrogens is 420 g/mol. The molecular formula is C25H32N4O4. The van der Waals surface area contributed by atoms with E-state index in [-0.39, 0.29) is 23.9 Å². The van der Waals surface area contributed by atoms with Gasteiger partial charge >= 0.3 is 5.97 Å². The molecule has 0 unspecified atom stereocenters. The lowest BCUT2D eigenvalue weighted by Crippen LogP contribution is -2.19. The number of rotatable bonds is 10. The van der Waals surface area contributed by atoms with E-state index in [0.29, 0.717) is 36.2 Å². The molecule has 3 aromatic rings. The number of esters is 1. The van der Waals surface area contributed by atoms with Gasteiger partial charge < -0.3 is 25.0 Å². The molecule has 0 aliphatic rings. The Morgan fingerprint density at radius 3 is 2.55 bits per heavy atom. The van der Waals surface area contributed by atoms with Crippen molar-refractivity contribution in [1.29, 1.82) is 0 Å². The molecule has 8 heteroatoms. The van der Waals surface area contributed by atoms with Crippen LogP contribution in [0.5, 0.6) is 0 Å². The maximum Gasteiger partial charge on any atom is 0.356 e. The number of carbonyl (C=O) groups is 2. The summed E-state index contributed by atoms with van der Waals surface area (Å²) in [5.41, 5.74) is 2.88. The van der Waals surface area contributed by atoms with Crippen molar-refractivity contribution < 1.29 is 19.4 Å². The number of aliphatic hydroxyl groups is 1. The van der Waals surface area contributed by atoms with E-state index in [0.717, 1.165) is 11.3 Å². The summed E-state index contributed by atoms with van der Waals surface area (Å²) in [6, 6.07) is 11.3. The van der Waals surface area contributed by atoms with Crippen LogP contribution >= 0.6 is 0 Å². The minimum absolute atomic E-state index is 0.179. The molecule has 33 heavy (non-hydrogen) atoms. The molecule has 176 valence electrons. The Morgan fingerprint density at radius 2 is 1.91 bits per heavy atom. The Labute approximate surface area is 194 Å². The van der Waals surface area contributed by atoms with Crippen LogP contribution in [0.2, 0.25) is 0 Å². The molecule has 1 aromatic carbocycles. The average Bonchev–Trinajstić information content (AvgIpc) is 3.05. The minimum Gasteiger partial charge on any atom is -0.464 e. The van der Waals surface area contributed by atoms with Crippen LogP contribution in [-0.2, 0) is 22.5 Å². The molecule has 0 radical (unpaired) electrons.